The second-order valence-corrected chi connectivity index (χ2v) is 6.49. The van der Waals surface area contributed by atoms with E-state index in [1.165, 1.54) is 12.8 Å². The van der Waals surface area contributed by atoms with Crippen LogP contribution in [0.25, 0.3) is 0 Å². The molecule has 0 spiro atoms. The highest BCUT2D eigenvalue weighted by Crippen LogP contribution is 2.15. The lowest BCUT2D eigenvalue weighted by atomic mass is 10.2. The monoisotopic (exact) mass is 339 g/mol. The Balaban J connectivity index is 1.79. The van der Waals surface area contributed by atoms with E-state index in [9.17, 15) is 4.79 Å². The summed E-state index contributed by atoms with van der Waals surface area (Å²) in [7, 11) is 1.75. The van der Waals surface area contributed by atoms with E-state index < -0.39 is 0 Å². The summed E-state index contributed by atoms with van der Waals surface area (Å²) >= 11 is 0. The normalized spacial score (nSPS) is 22.2. The van der Waals surface area contributed by atoms with Gasteiger partial charge in [-0.15, -0.1) is 0 Å². The van der Waals surface area contributed by atoms with Crippen LogP contribution in [0.2, 0.25) is 0 Å². The summed E-state index contributed by atoms with van der Waals surface area (Å²) in [6.07, 6.45) is 4.67. The zero-order chi connectivity index (χ0) is 17.2. The number of aliphatic imine (C=N–C) groups is 1. The predicted molar refractivity (Wildman–Crippen MR) is 96.3 cm³/mol. The first-order chi connectivity index (χ1) is 11.7. The van der Waals surface area contributed by atoms with Crippen molar-refractivity contribution in [3.8, 4) is 0 Å². The summed E-state index contributed by atoms with van der Waals surface area (Å²) in [5, 5.41) is 6.64. The average molecular weight is 339 g/mol. The number of methoxy groups -OCH3 is 1. The lowest BCUT2D eigenvalue weighted by Crippen LogP contribution is -2.46. The van der Waals surface area contributed by atoms with E-state index in [4.69, 9.17) is 4.74 Å². The molecule has 7 heteroatoms. The number of nitrogens with one attached hydrogen (secondary N) is 2. The highest BCUT2D eigenvalue weighted by Gasteiger charge is 2.24. The molecule has 2 fully saturated rings. The van der Waals surface area contributed by atoms with Gasteiger partial charge in [-0.2, -0.15) is 0 Å². The largest absolute Gasteiger partial charge is 0.383 e. The molecule has 1 atom stereocenters. The third-order valence-corrected chi connectivity index (χ3v) is 4.76. The molecule has 0 aliphatic carbocycles. The fourth-order valence-electron chi connectivity index (χ4n) is 3.40. The van der Waals surface area contributed by atoms with Gasteiger partial charge in [0.15, 0.2) is 5.96 Å². The molecule has 0 saturated carbocycles. The number of likely N-dealkylation sites (tertiary alicyclic amines) is 2. The highest BCUT2D eigenvalue weighted by molar-refractivity contribution is 5.85. The first kappa shape index (κ1) is 19.0. The van der Waals surface area contributed by atoms with Crippen molar-refractivity contribution in [1.82, 2.24) is 20.4 Å². The molecule has 2 N–H and O–H groups in total. The third kappa shape index (κ3) is 5.94. The summed E-state index contributed by atoms with van der Waals surface area (Å²) in [6, 6.07) is 0.512. The maximum Gasteiger partial charge on any atom is 0.244 e. The first-order valence-corrected chi connectivity index (χ1v) is 9.27. The Morgan fingerprint density at radius 2 is 2.00 bits per heavy atom. The molecule has 0 aromatic rings. The highest BCUT2D eigenvalue weighted by atomic mass is 16.5. The zero-order valence-corrected chi connectivity index (χ0v) is 15.2. The van der Waals surface area contributed by atoms with Gasteiger partial charge < -0.3 is 20.3 Å². The molecule has 0 aromatic carbocycles. The molecule has 2 aliphatic rings. The van der Waals surface area contributed by atoms with Gasteiger partial charge in [-0.3, -0.25) is 9.69 Å². The van der Waals surface area contributed by atoms with Crippen molar-refractivity contribution in [2.75, 3.05) is 59.5 Å². The minimum atomic E-state index is 0.132. The van der Waals surface area contributed by atoms with Crippen molar-refractivity contribution in [3.63, 3.8) is 0 Å². The van der Waals surface area contributed by atoms with Crippen LogP contribution in [0.15, 0.2) is 4.99 Å². The molecule has 2 saturated heterocycles. The lowest BCUT2D eigenvalue weighted by molar-refractivity contribution is -0.128. The molecule has 2 rings (SSSR count). The quantitative estimate of drug-likeness (QED) is 0.491. The van der Waals surface area contributed by atoms with E-state index >= 15 is 0 Å². The Morgan fingerprint density at radius 3 is 2.71 bits per heavy atom. The molecule has 2 aliphatic heterocycles. The van der Waals surface area contributed by atoms with Crippen molar-refractivity contribution >= 4 is 11.9 Å². The first-order valence-electron chi connectivity index (χ1n) is 9.27. The van der Waals surface area contributed by atoms with Gasteiger partial charge in [0, 0.05) is 45.9 Å². The Morgan fingerprint density at radius 1 is 1.21 bits per heavy atom. The molecule has 0 radical (unpaired) electrons. The molecular formula is C17H33N5O2. The Hall–Kier alpha value is -1.34. The van der Waals surface area contributed by atoms with Crippen LogP contribution in [0.3, 0.4) is 0 Å². The third-order valence-electron chi connectivity index (χ3n) is 4.76. The van der Waals surface area contributed by atoms with E-state index in [0.29, 0.717) is 6.04 Å². The molecule has 0 aromatic heterocycles. The number of nitrogens with zero attached hydrogens (tertiary/aromatic N) is 3. The van der Waals surface area contributed by atoms with Gasteiger partial charge in [-0.25, -0.2) is 4.99 Å². The molecule has 0 bridgehead atoms. The summed E-state index contributed by atoms with van der Waals surface area (Å²) in [5.41, 5.74) is 0. The molecule has 2 heterocycles. The molecule has 1 amide bonds. The van der Waals surface area contributed by atoms with Crippen molar-refractivity contribution < 1.29 is 9.53 Å². The number of ether oxygens (including phenoxy) is 1. The van der Waals surface area contributed by atoms with Gasteiger partial charge in [0.05, 0.1) is 6.61 Å². The van der Waals surface area contributed by atoms with Crippen molar-refractivity contribution in [2.45, 2.75) is 38.6 Å². The Labute approximate surface area is 145 Å². The summed E-state index contributed by atoms with van der Waals surface area (Å²) < 4.78 is 5.19. The molecular weight excluding hydrogens is 306 g/mol. The lowest BCUT2D eigenvalue weighted by Gasteiger charge is -2.25. The van der Waals surface area contributed by atoms with Crippen molar-refractivity contribution in [1.29, 1.82) is 0 Å². The molecule has 138 valence electrons. The van der Waals surface area contributed by atoms with Gasteiger partial charge in [0.25, 0.3) is 0 Å². The molecule has 7 nitrogen and oxygen atoms in total. The van der Waals surface area contributed by atoms with Gasteiger partial charge in [-0.05, 0) is 39.2 Å². The van der Waals surface area contributed by atoms with Crippen LogP contribution < -0.4 is 10.6 Å². The van der Waals surface area contributed by atoms with Crippen LogP contribution in [0, 0.1) is 0 Å². The summed E-state index contributed by atoms with van der Waals surface area (Å²) in [4.78, 5) is 21.0. The van der Waals surface area contributed by atoms with Crippen molar-refractivity contribution in [2.24, 2.45) is 4.99 Å². The minimum absolute atomic E-state index is 0.132. The fourth-order valence-corrected chi connectivity index (χ4v) is 3.40. The second kappa shape index (κ2) is 10.5. The smallest absolute Gasteiger partial charge is 0.244 e. The van der Waals surface area contributed by atoms with Crippen LogP contribution in [0.1, 0.15) is 32.6 Å². The maximum absolute atomic E-state index is 12.1. The van der Waals surface area contributed by atoms with E-state index in [2.05, 4.69) is 20.5 Å². The predicted octanol–water partition coefficient (Wildman–Crippen LogP) is 0.275. The topological polar surface area (TPSA) is 69.2 Å². The molecule has 1 unspecified atom stereocenters. The van der Waals surface area contributed by atoms with Crippen LogP contribution in [-0.4, -0.2) is 87.2 Å². The number of amides is 1. The van der Waals surface area contributed by atoms with Crippen LogP contribution in [-0.2, 0) is 9.53 Å². The average Bonchev–Trinajstić information content (AvgIpc) is 3.26. The van der Waals surface area contributed by atoms with E-state index in [1.807, 2.05) is 11.8 Å². The van der Waals surface area contributed by atoms with E-state index in [-0.39, 0.29) is 12.5 Å². The fraction of sp³-hybridized carbons (Fsp3) is 0.882. The van der Waals surface area contributed by atoms with E-state index in [0.717, 1.165) is 64.7 Å². The van der Waals surface area contributed by atoms with Gasteiger partial charge in [0.1, 0.15) is 6.54 Å². The van der Waals surface area contributed by atoms with Gasteiger partial charge in [0.2, 0.25) is 5.91 Å². The Kier molecular flexibility index (Phi) is 8.32. The number of hydrogen-bond acceptors (Lipinski definition) is 4. The zero-order valence-electron chi connectivity index (χ0n) is 15.2. The SMILES string of the molecule is CCNC(=NCC(=O)N1CCCC1)NCC1CCCN1CCOC. The maximum atomic E-state index is 12.1. The molecule has 24 heavy (non-hydrogen) atoms. The standard InChI is InChI=1S/C17H33N5O2/c1-3-18-17(20-14-16(23)22-8-4-5-9-22)19-13-15-7-6-10-21(15)11-12-24-2/h15H,3-14H2,1-2H3,(H2,18,19,20). The second-order valence-electron chi connectivity index (χ2n) is 6.49. The van der Waals surface area contributed by atoms with E-state index in [1.54, 1.807) is 7.11 Å². The van der Waals surface area contributed by atoms with Crippen LogP contribution >= 0.6 is 0 Å². The Bertz CT molecular complexity index is 410. The number of carbonyl (C=O) groups is 1. The van der Waals surface area contributed by atoms with Gasteiger partial charge >= 0.3 is 0 Å². The van der Waals surface area contributed by atoms with Gasteiger partial charge in [-0.1, -0.05) is 0 Å². The number of guanidine groups is 1. The summed E-state index contributed by atoms with van der Waals surface area (Å²) in [5.74, 6) is 0.871. The summed E-state index contributed by atoms with van der Waals surface area (Å²) in [6.45, 7) is 8.57. The van der Waals surface area contributed by atoms with Crippen molar-refractivity contribution in [3.05, 3.63) is 0 Å². The minimum Gasteiger partial charge on any atom is -0.383 e. The van der Waals surface area contributed by atoms with Crippen LogP contribution in [0.4, 0.5) is 0 Å². The number of hydrogen-bond donors (Lipinski definition) is 2. The number of rotatable bonds is 8. The number of carbonyl (C=O) groups excluding carboxylic acids is 1. The van der Waals surface area contributed by atoms with Crippen LogP contribution in [0.5, 0.6) is 0 Å².